The highest BCUT2D eigenvalue weighted by Crippen LogP contribution is 1.97. The van der Waals surface area contributed by atoms with Crippen molar-refractivity contribution < 1.29 is 4.79 Å². The Bertz CT molecular complexity index is 470. The second kappa shape index (κ2) is 4.42. The maximum atomic E-state index is 11.5. The van der Waals surface area contributed by atoms with Gasteiger partial charge in [0.1, 0.15) is 11.7 Å². The van der Waals surface area contributed by atoms with Crippen LogP contribution in [0.15, 0.2) is 16.9 Å². The molecule has 0 spiro atoms. The molecule has 0 bridgehead atoms. The number of H-pyrrole nitrogens is 1. The summed E-state index contributed by atoms with van der Waals surface area (Å²) in [5.74, 6) is -0.454. The number of aromatic nitrogens is 1. The van der Waals surface area contributed by atoms with Crippen molar-refractivity contribution in [2.75, 3.05) is 0 Å². The highest BCUT2D eigenvalue weighted by Gasteiger charge is 2.09. The van der Waals surface area contributed by atoms with Gasteiger partial charge in [-0.05, 0) is 25.5 Å². The predicted molar refractivity (Wildman–Crippen MR) is 54.3 cm³/mol. The molecule has 0 aliphatic rings. The van der Waals surface area contributed by atoms with E-state index in [1.165, 1.54) is 6.07 Å². The number of nitrogens with one attached hydrogen (secondary N) is 2. The zero-order chi connectivity index (χ0) is 11.4. The van der Waals surface area contributed by atoms with Crippen LogP contribution in [0.2, 0.25) is 0 Å². The molecular weight excluding hydrogens is 194 g/mol. The van der Waals surface area contributed by atoms with Crippen LogP contribution in [0.25, 0.3) is 0 Å². The van der Waals surface area contributed by atoms with Crippen molar-refractivity contribution in [1.29, 1.82) is 5.26 Å². The molecule has 78 valence electrons. The lowest BCUT2D eigenvalue weighted by molar-refractivity contribution is 0.0942. The fourth-order valence-corrected chi connectivity index (χ4v) is 1.11. The molecule has 0 aliphatic heterocycles. The number of aryl methyl sites for hydroxylation is 1. The SMILES string of the molecule is Cc1cc(C(=O)N[C@@H](C)C#N)[nH]c(=O)c1. The molecule has 2 N–H and O–H groups in total. The number of aromatic amines is 1. The second-order valence-corrected chi connectivity index (χ2v) is 3.26. The molecule has 1 aromatic heterocycles. The fourth-order valence-electron chi connectivity index (χ4n) is 1.11. The molecule has 1 heterocycles. The zero-order valence-electron chi connectivity index (χ0n) is 8.50. The Balaban J connectivity index is 2.93. The van der Waals surface area contributed by atoms with Crippen LogP contribution in [0.5, 0.6) is 0 Å². The van der Waals surface area contributed by atoms with E-state index in [0.717, 1.165) is 0 Å². The van der Waals surface area contributed by atoms with Crippen molar-refractivity contribution in [3.8, 4) is 6.07 Å². The molecular formula is C10H11N3O2. The van der Waals surface area contributed by atoms with Crippen molar-refractivity contribution in [3.63, 3.8) is 0 Å². The molecule has 0 aliphatic carbocycles. The molecule has 0 saturated carbocycles. The van der Waals surface area contributed by atoms with Crippen LogP contribution in [0.1, 0.15) is 23.0 Å². The predicted octanol–water partition coefficient (Wildman–Crippen LogP) is 0.325. The summed E-state index contributed by atoms with van der Waals surface area (Å²) < 4.78 is 0. The maximum Gasteiger partial charge on any atom is 0.268 e. The van der Waals surface area contributed by atoms with E-state index in [0.29, 0.717) is 5.56 Å². The first-order valence-electron chi connectivity index (χ1n) is 4.44. The van der Waals surface area contributed by atoms with E-state index in [1.54, 1.807) is 19.9 Å². The lowest BCUT2D eigenvalue weighted by Gasteiger charge is -2.06. The Morgan fingerprint density at radius 1 is 1.60 bits per heavy atom. The van der Waals surface area contributed by atoms with Gasteiger partial charge in [-0.25, -0.2) is 0 Å². The van der Waals surface area contributed by atoms with E-state index in [4.69, 9.17) is 5.26 Å². The number of hydrogen-bond donors (Lipinski definition) is 2. The number of carbonyl (C=O) groups excluding carboxylic acids is 1. The minimum absolute atomic E-state index is 0.169. The summed E-state index contributed by atoms with van der Waals surface area (Å²) in [6.07, 6.45) is 0. The summed E-state index contributed by atoms with van der Waals surface area (Å²) in [5.41, 5.74) is 0.542. The van der Waals surface area contributed by atoms with Crippen molar-refractivity contribution in [1.82, 2.24) is 10.3 Å². The van der Waals surface area contributed by atoms with Gasteiger partial charge in [0.15, 0.2) is 0 Å². The van der Waals surface area contributed by atoms with E-state index in [-0.39, 0.29) is 11.3 Å². The Morgan fingerprint density at radius 3 is 2.80 bits per heavy atom. The first-order valence-corrected chi connectivity index (χ1v) is 4.44. The zero-order valence-corrected chi connectivity index (χ0v) is 8.50. The van der Waals surface area contributed by atoms with E-state index >= 15 is 0 Å². The monoisotopic (exact) mass is 205 g/mol. The average molecular weight is 205 g/mol. The van der Waals surface area contributed by atoms with E-state index in [1.807, 2.05) is 6.07 Å². The summed E-state index contributed by atoms with van der Waals surface area (Å²) >= 11 is 0. The van der Waals surface area contributed by atoms with Crippen molar-refractivity contribution in [2.45, 2.75) is 19.9 Å². The van der Waals surface area contributed by atoms with Crippen LogP contribution in [-0.4, -0.2) is 16.9 Å². The van der Waals surface area contributed by atoms with Crippen molar-refractivity contribution in [3.05, 3.63) is 33.7 Å². The molecule has 0 radical (unpaired) electrons. The second-order valence-electron chi connectivity index (χ2n) is 3.26. The van der Waals surface area contributed by atoms with Gasteiger partial charge in [-0.15, -0.1) is 0 Å². The van der Waals surface area contributed by atoms with Gasteiger partial charge in [-0.1, -0.05) is 0 Å². The summed E-state index contributed by atoms with van der Waals surface area (Å²) in [4.78, 5) is 25.0. The van der Waals surface area contributed by atoms with Gasteiger partial charge in [0.05, 0.1) is 6.07 Å². The summed E-state index contributed by atoms with van der Waals surface area (Å²) in [5, 5.41) is 10.9. The molecule has 1 rings (SSSR count). The largest absolute Gasteiger partial charge is 0.335 e. The van der Waals surface area contributed by atoms with Crippen LogP contribution >= 0.6 is 0 Å². The van der Waals surface area contributed by atoms with Gasteiger partial charge >= 0.3 is 0 Å². The Kier molecular flexibility index (Phi) is 3.24. The normalized spacial score (nSPS) is 11.5. The molecule has 15 heavy (non-hydrogen) atoms. The first kappa shape index (κ1) is 11.0. The van der Waals surface area contributed by atoms with Crippen LogP contribution in [0.3, 0.4) is 0 Å². The minimum atomic E-state index is -0.582. The topological polar surface area (TPSA) is 85.8 Å². The average Bonchev–Trinajstić information content (AvgIpc) is 2.16. The Hall–Kier alpha value is -2.09. The Morgan fingerprint density at radius 2 is 2.27 bits per heavy atom. The summed E-state index contributed by atoms with van der Waals surface area (Å²) in [7, 11) is 0. The van der Waals surface area contributed by atoms with Crippen LogP contribution in [0, 0.1) is 18.3 Å². The van der Waals surface area contributed by atoms with E-state index < -0.39 is 11.9 Å². The number of carbonyl (C=O) groups is 1. The highest BCUT2D eigenvalue weighted by molar-refractivity contribution is 5.92. The third-order valence-electron chi connectivity index (χ3n) is 1.77. The minimum Gasteiger partial charge on any atom is -0.335 e. The molecule has 0 fully saturated rings. The molecule has 1 amide bonds. The highest BCUT2D eigenvalue weighted by atomic mass is 16.2. The molecule has 1 aromatic rings. The molecule has 0 saturated heterocycles. The Labute approximate surface area is 86.7 Å². The van der Waals surface area contributed by atoms with Crippen LogP contribution in [0.4, 0.5) is 0 Å². The van der Waals surface area contributed by atoms with Gasteiger partial charge in [-0.3, -0.25) is 9.59 Å². The van der Waals surface area contributed by atoms with Gasteiger partial charge < -0.3 is 10.3 Å². The van der Waals surface area contributed by atoms with E-state index in [9.17, 15) is 9.59 Å². The van der Waals surface area contributed by atoms with Crippen molar-refractivity contribution in [2.24, 2.45) is 0 Å². The number of hydrogen-bond acceptors (Lipinski definition) is 3. The maximum absolute atomic E-state index is 11.5. The standard InChI is InChI=1S/C10H11N3O2/c1-6-3-8(13-9(14)4-6)10(15)12-7(2)5-11/h3-4,7H,1-2H3,(H,12,15)(H,13,14)/t7-/m0/s1. The molecule has 0 aromatic carbocycles. The van der Waals surface area contributed by atoms with Crippen molar-refractivity contribution >= 4 is 5.91 Å². The van der Waals surface area contributed by atoms with Crippen LogP contribution in [-0.2, 0) is 0 Å². The lowest BCUT2D eigenvalue weighted by Crippen LogP contribution is -2.33. The van der Waals surface area contributed by atoms with Crippen LogP contribution < -0.4 is 10.9 Å². The first-order chi connectivity index (χ1) is 7.02. The number of nitrogens with zero attached hydrogens (tertiary/aromatic N) is 1. The fraction of sp³-hybridized carbons (Fsp3) is 0.300. The lowest BCUT2D eigenvalue weighted by atomic mass is 10.2. The van der Waals surface area contributed by atoms with Gasteiger partial charge in [-0.2, -0.15) is 5.26 Å². The quantitative estimate of drug-likeness (QED) is 0.729. The number of pyridine rings is 1. The molecule has 5 nitrogen and oxygen atoms in total. The third kappa shape index (κ3) is 2.95. The summed E-state index contributed by atoms with van der Waals surface area (Å²) in [6, 6.07) is 4.24. The van der Waals surface area contributed by atoms with Gasteiger partial charge in [0, 0.05) is 6.07 Å². The van der Waals surface area contributed by atoms with Gasteiger partial charge in [0.25, 0.3) is 5.91 Å². The molecule has 1 atom stereocenters. The number of rotatable bonds is 2. The number of nitriles is 1. The third-order valence-corrected chi connectivity index (χ3v) is 1.77. The smallest absolute Gasteiger partial charge is 0.268 e. The van der Waals surface area contributed by atoms with E-state index in [2.05, 4.69) is 10.3 Å². The number of amides is 1. The van der Waals surface area contributed by atoms with Gasteiger partial charge in [0.2, 0.25) is 5.56 Å². The molecule has 5 heteroatoms. The molecule has 0 unspecified atom stereocenters. The summed E-state index contributed by atoms with van der Waals surface area (Å²) in [6.45, 7) is 3.28.